The maximum Gasteiger partial charge on any atom is 0.410 e. The zero-order chi connectivity index (χ0) is 22.7. The van der Waals surface area contributed by atoms with Crippen molar-refractivity contribution in [1.29, 1.82) is 0 Å². The quantitative estimate of drug-likeness (QED) is 0.330. The Kier molecular flexibility index (Phi) is 9.04. The molecular formula is C24H47NO3Si. The summed E-state index contributed by atoms with van der Waals surface area (Å²) in [4.78, 5) is 14.6. The van der Waals surface area contributed by atoms with Crippen LogP contribution in [0.25, 0.3) is 0 Å². The van der Waals surface area contributed by atoms with E-state index < -0.39 is 8.32 Å². The molecule has 5 heteroatoms. The van der Waals surface area contributed by atoms with Crippen LogP contribution in [0.5, 0.6) is 0 Å². The first-order valence-corrected chi connectivity index (χ1v) is 14.3. The van der Waals surface area contributed by atoms with Gasteiger partial charge in [-0.05, 0) is 76.6 Å². The maximum absolute atomic E-state index is 12.8. The Morgan fingerprint density at radius 3 is 2.07 bits per heavy atom. The molecule has 1 amide bonds. The molecule has 4 nitrogen and oxygen atoms in total. The van der Waals surface area contributed by atoms with Crippen molar-refractivity contribution in [3.8, 4) is 0 Å². The third-order valence-electron chi connectivity index (χ3n) is 6.89. The second-order valence-electron chi connectivity index (χ2n) is 11.3. The molecule has 29 heavy (non-hydrogen) atoms. The Hall–Kier alpha value is -0.813. The predicted molar refractivity (Wildman–Crippen MR) is 126 cm³/mol. The van der Waals surface area contributed by atoms with Gasteiger partial charge in [-0.3, -0.25) is 0 Å². The van der Waals surface area contributed by atoms with E-state index in [0.29, 0.717) is 17.8 Å². The van der Waals surface area contributed by atoms with Crippen molar-refractivity contribution in [2.45, 2.75) is 112 Å². The number of amides is 1. The molecule has 0 fully saturated rings. The molecule has 0 aromatic carbocycles. The second kappa shape index (κ2) is 10.00. The molecule has 0 radical (unpaired) electrons. The van der Waals surface area contributed by atoms with Crippen molar-refractivity contribution in [3.63, 3.8) is 0 Å². The third-order valence-corrected chi connectivity index (χ3v) is 11.4. The Balaban J connectivity index is 2.96. The van der Waals surface area contributed by atoms with Crippen LogP contribution in [0.3, 0.4) is 0 Å². The van der Waals surface area contributed by atoms with Crippen LogP contribution in [0, 0.1) is 17.8 Å². The number of hydrogen-bond acceptors (Lipinski definition) is 3. The second-order valence-corrected chi connectivity index (χ2v) is 16.1. The lowest BCUT2D eigenvalue weighted by Crippen LogP contribution is -2.46. The van der Waals surface area contributed by atoms with Crippen molar-refractivity contribution in [3.05, 3.63) is 11.6 Å². The Morgan fingerprint density at radius 1 is 1.14 bits per heavy atom. The number of hydrogen-bond donors (Lipinski definition) is 0. The average Bonchev–Trinajstić information content (AvgIpc) is 2.52. The molecule has 0 saturated carbocycles. The van der Waals surface area contributed by atoms with Crippen molar-refractivity contribution >= 4 is 14.4 Å². The molecule has 0 aromatic heterocycles. The summed E-state index contributed by atoms with van der Waals surface area (Å²) in [5.41, 5.74) is 1.16. The van der Waals surface area contributed by atoms with Crippen LogP contribution in [0.1, 0.15) is 75.7 Å². The highest BCUT2D eigenvalue weighted by atomic mass is 28.4. The smallest absolute Gasteiger partial charge is 0.410 e. The largest absolute Gasteiger partial charge is 0.442 e. The lowest BCUT2D eigenvalue weighted by molar-refractivity contribution is 0.0330. The summed E-state index contributed by atoms with van der Waals surface area (Å²) >= 11 is 0. The van der Waals surface area contributed by atoms with Crippen LogP contribution in [-0.4, -0.2) is 44.1 Å². The minimum Gasteiger partial charge on any atom is -0.442 e. The molecule has 0 spiro atoms. The fourth-order valence-corrected chi connectivity index (χ4v) is 5.02. The van der Waals surface area contributed by atoms with Gasteiger partial charge in [0.05, 0.1) is 0 Å². The first-order valence-electron chi connectivity index (χ1n) is 11.4. The number of carbonyl (C=O) groups excluding carboxylic acids is 1. The standard InChI is InChI=1S/C24H47NO3Si/c1-16(2)21-14-22(28-23(26)25(17(3)4)18(5)6)19(7)13-20(21)15-27-29(11,12)24(8,9)10/h13,16-18,20-22H,14-15H2,1-12H3/t20-,21-,22-/m1/s1. The van der Waals surface area contributed by atoms with Gasteiger partial charge in [-0.15, -0.1) is 0 Å². The van der Waals surface area contributed by atoms with E-state index in [4.69, 9.17) is 9.16 Å². The van der Waals surface area contributed by atoms with Gasteiger partial charge in [0.1, 0.15) is 6.10 Å². The summed E-state index contributed by atoms with van der Waals surface area (Å²) in [7, 11) is -1.78. The predicted octanol–water partition coefficient (Wildman–Crippen LogP) is 6.87. The van der Waals surface area contributed by atoms with Gasteiger partial charge in [0.15, 0.2) is 8.32 Å². The van der Waals surface area contributed by atoms with Gasteiger partial charge in [0.2, 0.25) is 0 Å². The third kappa shape index (κ3) is 6.85. The molecule has 0 heterocycles. The number of carbonyl (C=O) groups is 1. The van der Waals surface area contributed by atoms with Gasteiger partial charge in [0.25, 0.3) is 0 Å². The molecule has 0 aromatic rings. The number of nitrogens with zero attached hydrogens (tertiary/aromatic N) is 1. The van der Waals surface area contributed by atoms with Crippen LogP contribution in [0.15, 0.2) is 11.6 Å². The molecule has 1 rings (SSSR count). The van der Waals surface area contributed by atoms with E-state index in [2.05, 4.69) is 60.7 Å². The Morgan fingerprint density at radius 2 is 1.66 bits per heavy atom. The van der Waals surface area contributed by atoms with Crippen LogP contribution < -0.4 is 0 Å². The highest BCUT2D eigenvalue weighted by Crippen LogP contribution is 2.40. The van der Waals surface area contributed by atoms with Crippen molar-refractivity contribution in [1.82, 2.24) is 4.90 Å². The summed E-state index contributed by atoms with van der Waals surface area (Å²) < 4.78 is 12.6. The van der Waals surface area contributed by atoms with E-state index in [1.54, 1.807) is 0 Å². The van der Waals surface area contributed by atoms with E-state index in [1.165, 1.54) is 0 Å². The molecule has 0 aliphatic heterocycles. The minimum absolute atomic E-state index is 0.127. The summed E-state index contributed by atoms with van der Waals surface area (Å²) in [6.07, 6.45) is 2.85. The minimum atomic E-state index is -1.78. The highest BCUT2D eigenvalue weighted by molar-refractivity contribution is 6.74. The lowest BCUT2D eigenvalue weighted by Gasteiger charge is -2.41. The number of rotatable bonds is 7. The molecule has 1 aliphatic rings. The van der Waals surface area contributed by atoms with E-state index >= 15 is 0 Å². The molecule has 0 saturated heterocycles. The molecule has 1 aliphatic carbocycles. The zero-order valence-electron chi connectivity index (χ0n) is 21.1. The summed E-state index contributed by atoms with van der Waals surface area (Å²) in [5, 5.41) is 0.211. The van der Waals surface area contributed by atoms with E-state index in [-0.39, 0.29) is 29.3 Å². The molecular weight excluding hydrogens is 378 g/mol. The van der Waals surface area contributed by atoms with Gasteiger partial charge in [-0.1, -0.05) is 40.7 Å². The SMILES string of the molecule is CC1=C[C@H](CO[Si](C)(C)C(C)(C)C)[C@@H](C(C)C)C[C@H]1OC(=O)N(C(C)C)C(C)C. The maximum atomic E-state index is 12.8. The van der Waals surface area contributed by atoms with Crippen LogP contribution in [0.2, 0.25) is 18.1 Å². The normalized spacial score (nSPS) is 23.6. The lowest BCUT2D eigenvalue weighted by atomic mass is 9.74. The molecule has 170 valence electrons. The first-order chi connectivity index (χ1) is 13.1. The van der Waals surface area contributed by atoms with Crippen molar-refractivity contribution in [2.24, 2.45) is 17.8 Å². The molecule has 0 unspecified atom stereocenters. The van der Waals surface area contributed by atoms with E-state index in [0.717, 1.165) is 18.6 Å². The summed E-state index contributed by atoms with van der Waals surface area (Å²) in [6, 6.07) is 0.254. The monoisotopic (exact) mass is 425 g/mol. The van der Waals surface area contributed by atoms with Gasteiger partial charge in [0, 0.05) is 24.6 Å². The molecule has 0 N–H and O–H groups in total. The molecule has 3 atom stereocenters. The van der Waals surface area contributed by atoms with Crippen molar-refractivity contribution in [2.75, 3.05) is 6.61 Å². The zero-order valence-corrected chi connectivity index (χ0v) is 22.1. The van der Waals surface area contributed by atoms with Gasteiger partial charge in [-0.2, -0.15) is 0 Å². The number of ether oxygens (including phenoxy) is 1. The first kappa shape index (κ1) is 26.2. The fourth-order valence-electron chi connectivity index (χ4n) is 3.98. The Labute approximate surface area is 181 Å². The summed E-state index contributed by atoms with van der Waals surface area (Å²) in [5.74, 6) is 1.35. The fraction of sp³-hybridized carbons (Fsp3) is 0.875. The van der Waals surface area contributed by atoms with Gasteiger partial charge >= 0.3 is 6.09 Å². The van der Waals surface area contributed by atoms with Gasteiger partial charge < -0.3 is 14.1 Å². The van der Waals surface area contributed by atoms with E-state index in [9.17, 15) is 4.79 Å². The van der Waals surface area contributed by atoms with E-state index in [1.807, 2.05) is 32.6 Å². The van der Waals surface area contributed by atoms with Crippen molar-refractivity contribution < 1.29 is 14.0 Å². The topological polar surface area (TPSA) is 38.8 Å². The van der Waals surface area contributed by atoms with Gasteiger partial charge in [-0.25, -0.2) is 4.79 Å². The summed E-state index contributed by atoms with van der Waals surface area (Å²) in [6.45, 7) is 27.0. The highest BCUT2D eigenvalue weighted by Gasteiger charge is 2.40. The average molecular weight is 426 g/mol. The molecule has 0 bridgehead atoms. The van der Waals surface area contributed by atoms with Crippen LogP contribution >= 0.6 is 0 Å². The van der Waals surface area contributed by atoms with Crippen LogP contribution in [-0.2, 0) is 9.16 Å². The van der Waals surface area contributed by atoms with Crippen LogP contribution in [0.4, 0.5) is 4.79 Å². The Bertz CT molecular complexity index is 567.